The van der Waals surface area contributed by atoms with Crippen molar-refractivity contribution in [3.8, 4) is 6.07 Å². The molecule has 0 saturated carbocycles. The van der Waals surface area contributed by atoms with Crippen molar-refractivity contribution in [2.24, 2.45) is 7.05 Å². The highest BCUT2D eigenvalue weighted by atomic mass is 79.9. The minimum Gasteiger partial charge on any atom is -0.311 e. The number of hydrogen-bond donors (Lipinski definition) is 1. The van der Waals surface area contributed by atoms with Gasteiger partial charge in [0.25, 0.3) is 5.91 Å². The number of halogens is 4. The summed E-state index contributed by atoms with van der Waals surface area (Å²) < 4.78 is 39.2. The van der Waals surface area contributed by atoms with Gasteiger partial charge in [-0.25, -0.2) is 0 Å². The van der Waals surface area contributed by atoms with Gasteiger partial charge in [-0.3, -0.25) is 9.48 Å². The Morgan fingerprint density at radius 1 is 1.40 bits per heavy atom. The molecule has 0 unspecified atom stereocenters. The first-order valence-corrected chi connectivity index (χ1v) is 9.00. The summed E-state index contributed by atoms with van der Waals surface area (Å²) in [6.07, 6.45) is -1.05. The van der Waals surface area contributed by atoms with Crippen LogP contribution < -0.4 is 5.32 Å². The molecular weight excluding hydrogens is 421 g/mol. The molecule has 132 valence electrons. The normalized spacial score (nSPS) is 14.1. The molecule has 1 amide bonds. The molecule has 5 nitrogen and oxygen atoms in total. The number of nitriles is 1. The molecule has 2 aromatic rings. The average Bonchev–Trinajstić information content (AvgIpc) is 3.03. The summed E-state index contributed by atoms with van der Waals surface area (Å²) in [5.41, 5.74) is -0.0646. The first-order chi connectivity index (χ1) is 11.7. The molecule has 0 saturated heterocycles. The van der Waals surface area contributed by atoms with Crippen molar-refractivity contribution in [2.75, 3.05) is 5.32 Å². The van der Waals surface area contributed by atoms with Crippen molar-refractivity contribution in [1.82, 2.24) is 9.78 Å². The summed E-state index contributed by atoms with van der Waals surface area (Å²) in [7, 11) is 1.26. The first kappa shape index (κ1) is 17.9. The summed E-state index contributed by atoms with van der Waals surface area (Å²) in [4.78, 5) is 13.6. The molecule has 1 N–H and O–H groups in total. The van der Waals surface area contributed by atoms with E-state index in [9.17, 15) is 23.2 Å². The van der Waals surface area contributed by atoms with Gasteiger partial charge in [-0.05, 0) is 47.2 Å². The lowest BCUT2D eigenvalue weighted by molar-refractivity contribution is -0.142. The zero-order valence-corrected chi connectivity index (χ0v) is 15.4. The molecule has 2 heterocycles. The number of aryl methyl sites for hydroxylation is 2. The number of aromatic nitrogens is 2. The van der Waals surface area contributed by atoms with Gasteiger partial charge >= 0.3 is 6.18 Å². The van der Waals surface area contributed by atoms with Gasteiger partial charge < -0.3 is 5.32 Å². The van der Waals surface area contributed by atoms with Crippen molar-refractivity contribution < 1.29 is 18.0 Å². The molecule has 0 spiro atoms. The Balaban J connectivity index is 1.96. The molecular formula is C15H12BrF3N4OS. The van der Waals surface area contributed by atoms with Crippen LogP contribution in [0.15, 0.2) is 4.47 Å². The number of rotatable bonds is 2. The minimum atomic E-state index is -4.67. The number of carbonyl (C=O) groups excluding carboxylic acids is 1. The van der Waals surface area contributed by atoms with Crippen molar-refractivity contribution >= 4 is 38.2 Å². The van der Waals surface area contributed by atoms with Gasteiger partial charge in [0, 0.05) is 11.9 Å². The number of carbonyl (C=O) groups is 1. The fraction of sp³-hybridized carbons (Fsp3) is 0.400. The molecule has 1 aliphatic carbocycles. The number of anilines is 1. The smallest absolute Gasteiger partial charge is 0.311 e. The number of hydrogen-bond acceptors (Lipinski definition) is 4. The highest BCUT2D eigenvalue weighted by Crippen LogP contribution is 2.39. The maximum absolute atomic E-state index is 12.9. The van der Waals surface area contributed by atoms with Gasteiger partial charge in [-0.2, -0.15) is 23.5 Å². The molecule has 0 aromatic carbocycles. The monoisotopic (exact) mass is 432 g/mol. The number of nitrogens with one attached hydrogen (secondary N) is 1. The van der Waals surface area contributed by atoms with Crippen molar-refractivity contribution in [3.05, 3.63) is 31.9 Å². The Kier molecular flexibility index (Phi) is 4.64. The van der Waals surface area contributed by atoms with Gasteiger partial charge in [0.15, 0.2) is 5.69 Å². The highest BCUT2D eigenvalue weighted by Gasteiger charge is 2.39. The molecule has 1 aliphatic rings. The Hall–Kier alpha value is -1.86. The highest BCUT2D eigenvalue weighted by molar-refractivity contribution is 9.10. The third kappa shape index (κ3) is 3.18. The van der Waals surface area contributed by atoms with E-state index in [0.29, 0.717) is 10.6 Å². The topological polar surface area (TPSA) is 70.7 Å². The lowest BCUT2D eigenvalue weighted by Gasteiger charge is -2.09. The van der Waals surface area contributed by atoms with E-state index >= 15 is 0 Å². The molecule has 10 heteroatoms. The maximum atomic E-state index is 12.9. The predicted molar refractivity (Wildman–Crippen MR) is 89.5 cm³/mol. The molecule has 2 aromatic heterocycles. The van der Waals surface area contributed by atoms with Gasteiger partial charge in [0.1, 0.15) is 16.8 Å². The zero-order chi connectivity index (χ0) is 18.4. The van der Waals surface area contributed by atoms with E-state index in [-0.39, 0.29) is 5.69 Å². The maximum Gasteiger partial charge on any atom is 0.436 e. The summed E-state index contributed by atoms with van der Waals surface area (Å²) in [6, 6.07) is 2.10. The van der Waals surface area contributed by atoms with Crippen LogP contribution in [0.2, 0.25) is 0 Å². The van der Waals surface area contributed by atoms with Gasteiger partial charge in [0.05, 0.1) is 10.0 Å². The van der Waals surface area contributed by atoms with Crippen LogP contribution in [0.1, 0.15) is 45.0 Å². The van der Waals surface area contributed by atoms with Crippen LogP contribution in [0.3, 0.4) is 0 Å². The van der Waals surface area contributed by atoms with Crippen LogP contribution in [0.4, 0.5) is 18.2 Å². The summed E-state index contributed by atoms with van der Waals surface area (Å²) in [6.45, 7) is 0. The van der Waals surface area contributed by atoms with Crippen LogP contribution in [-0.2, 0) is 26.1 Å². The van der Waals surface area contributed by atoms with Gasteiger partial charge in [-0.15, -0.1) is 11.3 Å². The quantitative estimate of drug-likeness (QED) is 0.770. The van der Waals surface area contributed by atoms with E-state index in [4.69, 9.17) is 0 Å². The van der Waals surface area contributed by atoms with Crippen LogP contribution in [0, 0.1) is 11.3 Å². The van der Waals surface area contributed by atoms with E-state index in [0.717, 1.165) is 40.8 Å². The molecule has 3 rings (SSSR count). The number of alkyl halides is 3. The third-order valence-corrected chi connectivity index (χ3v) is 5.94. The lowest BCUT2D eigenvalue weighted by Crippen LogP contribution is -2.16. The van der Waals surface area contributed by atoms with Crippen LogP contribution in [0.5, 0.6) is 0 Å². The fourth-order valence-electron chi connectivity index (χ4n) is 2.86. The minimum absolute atomic E-state index is 0.248. The Morgan fingerprint density at radius 3 is 2.68 bits per heavy atom. The SMILES string of the molecule is Cn1nc(C(F)(F)F)c(Br)c1C(=O)Nc1sc2c(c1C#N)CCCC2. The van der Waals surface area contributed by atoms with E-state index in [1.165, 1.54) is 18.4 Å². The molecule has 0 bridgehead atoms. The standard InChI is InChI=1S/C15H12BrF3N4OS/c1-23-11(10(16)12(22-23)15(17,18)19)13(24)21-14-8(6-20)7-4-2-3-5-9(7)25-14/h2-5H2,1H3,(H,21,24). The summed E-state index contributed by atoms with van der Waals surface area (Å²) >= 11 is 4.13. The average molecular weight is 433 g/mol. The van der Waals surface area contributed by atoms with Gasteiger partial charge in [-0.1, -0.05) is 0 Å². The molecule has 0 radical (unpaired) electrons. The fourth-order valence-corrected chi connectivity index (χ4v) is 4.84. The lowest BCUT2D eigenvalue weighted by atomic mass is 9.96. The second kappa shape index (κ2) is 6.46. The predicted octanol–water partition coefficient (Wildman–Crippen LogP) is 4.27. The van der Waals surface area contributed by atoms with Crippen molar-refractivity contribution in [1.29, 1.82) is 5.26 Å². The van der Waals surface area contributed by atoms with E-state index in [2.05, 4.69) is 32.4 Å². The first-order valence-electron chi connectivity index (χ1n) is 7.39. The Morgan fingerprint density at radius 2 is 2.08 bits per heavy atom. The molecule has 0 atom stereocenters. The molecule has 0 fully saturated rings. The van der Waals surface area contributed by atoms with E-state index < -0.39 is 22.3 Å². The Labute approximate surface area is 153 Å². The number of amides is 1. The van der Waals surface area contributed by atoms with Gasteiger partial charge in [0.2, 0.25) is 0 Å². The number of fused-ring (bicyclic) bond motifs is 1. The number of thiophene rings is 1. The summed E-state index contributed by atoms with van der Waals surface area (Å²) in [5.74, 6) is -0.743. The van der Waals surface area contributed by atoms with E-state index in [1.54, 1.807) is 0 Å². The molecule has 25 heavy (non-hydrogen) atoms. The van der Waals surface area contributed by atoms with E-state index in [1.807, 2.05) is 0 Å². The van der Waals surface area contributed by atoms with Crippen molar-refractivity contribution in [2.45, 2.75) is 31.9 Å². The second-order valence-corrected chi connectivity index (χ2v) is 7.51. The van der Waals surface area contributed by atoms with Crippen molar-refractivity contribution in [3.63, 3.8) is 0 Å². The third-order valence-electron chi connectivity index (χ3n) is 3.98. The zero-order valence-electron chi connectivity index (χ0n) is 13.0. The Bertz CT molecular complexity index is 894. The summed E-state index contributed by atoms with van der Waals surface area (Å²) in [5, 5.41) is 15.7. The van der Waals surface area contributed by atoms with Crippen LogP contribution >= 0.6 is 27.3 Å². The second-order valence-electron chi connectivity index (χ2n) is 5.61. The molecule has 0 aliphatic heterocycles. The van der Waals surface area contributed by atoms with Crippen LogP contribution in [-0.4, -0.2) is 15.7 Å². The van der Waals surface area contributed by atoms with Crippen LogP contribution in [0.25, 0.3) is 0 Å². The largest absolute Gasteiger partial charge is 0.436 e. The number of nitrogens with zero attached hydrogens (tertiary/aromatic N) is 3.